The lowest BCUT2D eigenvalue weighted by Gasteiger charge is -2.10. The Hall–Kier alpha value is -2.86. The molecule has 0 bridgehead atoms. The molecule has 2 amide bonds. The molecule has 1 aromatic heterocycles. The average Bonchev–Trinajstić information content (AvgIpc) is 3.30. The van der Waals surface area contributed by atoms with E-state index in [9.17, 15) is 4.79 Å². The van der Waals surface area contributed by atoms with Crippen molar-refractivity contribution in [2.45, 2.75) is 25.9 Å². The number of aromatic nitrogens is 2. The highest BCUT2D eigenvalue weighted by atomic mass is 16.5. The second kappa shape index (κ2) is 7.17. The summed E-state index contributed by atoms with van der Waals surface area (Å²) in [4.78, 5) is 12.1. The number of benzene rings is 2. The fraction of sp³-hybridized carbons (Fsp3) is 0.300. The molecule has 1 aliphatic heterocycles. The van der Waals surface area contributed by atoms with Gasteiger partial charge in [0.15, 0.2) is 5.82 Å². The van der Waals surface area contributed by atoms with Crippen LogP contribution in [0.25, 0.3) is 22.0 Å². The summed E-state index contributed by atoms with van der Waals surface area (Å²) in [6, 6.07) is 14.2. The number of nitrogens with zero attached hydrogens (tertiary/aromatic N) is 1. The van der Waals surface area contributed by atoms with Crippen molar-refractivity contribution in [2.75, 3.05) is 18.5 Å². The zero-order valence-corrected chi connectivity index (χ0v) is 14.7. The Bertz CT molecular complexity index is 928. The summed E-state index contributed by atoms with van der Waals surface area (Å²) in [5, 5.41) is 13.8. The minimum atomic E-state index is -0.267. The lowest BCUT2D eigenvalue weighted by atomic mass is 10.0. The molecule has 6 nitrogen and oxygen atoms in total. The third-order valence-electron chi connectivity index (χ3n) is 4.66. The molecule has 3 N–H and O–H groups in total. The van der Waals surface area contributed by atoms with E-state index in [0.717, 1.165) is 41.5 Å². The molecule has 0 radical (unpaired) electrons. The van der Waals surface area contributed by atoms with E-state index < -0.39 is 0 Å². The molecule has 26 heavy (non-hydrogen) atoms. The Balaban J connectivity index is 1.47. The fourth-order valence-corrected chi connectivity index (χ4v) is 3.28. The number of rotatable bonds is 4. The molecule has 2 heterocycles. The van der Waals surface area contributed by atoms with E-state index in [4.69, 9.17) is 4.74 Å². The van der Waals surface area contributed by atoms with Crippen molar-refractivity contribution in [1.29, 1.82) is 0 Å². The highest BCUT2D eigenvalue weighted by molar-refractivity contribution is 6.00. The predicted octanol–water partition coefficient (Wildman–Crippen LogP) is 3.84. The topological polar surface area (TPSA) is 79.0 Å². The number of hydrogen-bond donors (Lipinski definition) is 3. The molecule has 0 spiro atoms. The van der Waals surface area contributed by atoms with Crippen LogP contribution in [0.3, 0.4) is 0 Å². The number of urea groups is 1. The van der Waals surface area contributed by atoms with Gasteiger partial charge < -0.3 is 10.1 Å². The molecule has 1 fully saturated rings. The summed E-state index contributed by atoms with van der Waals surface area (Å²) in [5.41, 5.74) is 4.38. The number of H-pyrrole nitrogens is 1. The van der Waals surface area contributed by atoms with Gasteiger partial charge in [-0.1, -0.05) is 35.9 Å². The first kappa shape index (κ1) is 16.6. The zero-order chi connectivity index (χ0) is 17.9. The normalized spacial score (nSPS) is 16.7. The molecular formula is C20H22N4O2. The summed E-state index contributed by atoms with van der Waals surface area (Å²) >= 11 is 0. The fourth-order valence-electron chi connectivity index (χ4n) is 3.28. The van der Waals surface area contributed by atoms with Gasteiger partial charge in [-0.2, -0.15) is 5.10 Å². The molecule has 0 saturated carbocycles. The van der Waals surface area contributed by atoms with Crippen molar-refractivity contribution < 1.29 is 9.53 Å². The lowest BCUT2D eigenvalue weighted by molar-refractivity contribution is 0.112. The van der Waals surface area contributed by atoms with Crippen LogP contribution >= 0.6 is 0 Å². The molecule has 1 atom stereocenters. The second-order valence-corrected chi connectivity index (χ2v) is 6.67. The number of fused-ring (bicyclic) bond motifs is 1. The van der Waals surface area contributed by atoms with Gasteiger partial charge in [0, 0.05) is 18.5 Å². The number of ether oxygens (including phenoxy) is 1. The zero-order valence-electron chi connectivity index (χ0n) is 14.7. The predicted molar refractivity (Wildman–Crippen MR) is 102 cm³/mol. The number of anilines is 1. The van der Waals surface area contributed by atoms with Crippen LogP contribution in [0.4, 0.5) is 10.6 Å². The Labute approximate surface area is 151 Å². The summed E-state index contributed by atoms with van der Waals surface area (Å²) in [7, 11) is 0. The second-order valence-electron chi connectivity index (χ2n) is 6.67. The van der Waals surface area contributed by atoms with E-state index >= 15 is 0 Å². The minimum Gasteiger partial charge on any atom is -0.376 e. The summed E-state index contributed by atoms with van der Waals surface area (Å²) in [6.45, 7) is 3.38. The van der Waals surface area contributed by atoms with Crippen molar-refractivity contribution in [1.82, 2.24) is 15.5 Å². The van der Waals surface area contributed by atoms with Crippen LogP contribution in [0.15, 0.2) is 42.5 Å². The molecule has 3 aromatic rings. The van der Waals surface area contributed by atoms with Crippen LogP contribution < -0.4 is 10.6 Å². The maximum Gasteiger partial charge on any atom is 0.320 e. The molecule has 6 heteroatoms. The van der Waals surface area contributed by atoms with Crippen LogP contribution in [-0.4, -0.2) is 35.5 Å². The number of carbonyl (C=O) groups excluding carboxylic acids is 1. The minimum absolute atomic E-state index is 0.119. The third-order valence-corrected chi connectivity index (χ3v) is 4.66. The first-order valence-electron chi connectivity index (χ1n) is 8.91. The molecule has 4 rings (SSSR count). The molecule has 0 aliphatic carbocycles. The van der Waals surface area contributed by atoms with Gasteiger partial charge in [-0.3, -0.25) is 10.4 Å². The van der Waals surface area contributed by atoms with E-state index in [-0.39, 0.29) is 12.1 Å². The number of aromatic amines is 1. The highest BCUT2D eigenvalue weighted by Gasteiger charge is 2.17. The van der Waals surface area contributed by atoms with Crippen molar-refractivity contribution in [3.8, 4) is 11.1 Å². The smallest absolute Gasteiger partial charge is 0.320 e. The van der Waals surface area contributed by atoms with Gasteiger partial charge in [0.25, 0.3) is 0 Å². The van der Waals surface area contributed by atoms with E-state index in [0.29, 0.717) is 12.4 Å². The van der Waals surface area contributed by atoms with Gasteiger partial charge in [0.1, 0.15) is 0 Å². The van der Waals surface area contributed by atoms with Crippen molar-refractivity contribution >= 4 is 22.8 Å². The third kappa shape index (κ3) is 3.55. The Morgan fingerprint density at radius 2 is 2.15 bits per heavy atom. The molecule has 1 unspecified atom stereocenters. The van der Waals surface area contributed by atoms with E-state index in [2.05, 4.69) is 46.0 Å². The maximum atomic E-state index is 12.1. The molecule has 1 aliphatic rings. The first-order chi connectivity index (χ1) is 12.7. The Morgan fingerprint density at radius 1 is 1.27 bits per heavy atom. The Morgan fingerprint density at radius 3 is 2.96 bits per heavy atom. The summed E-state index contributed by atoms with van der Waals surface area (Å²) in [6.07, 6.45) is 2.17. The quantitative estimate of drug-likeness (QED) is 0.669. The molecular weight excluding hydrogens is 328 g/mol. The number of nitrogens with one attached hydrogen (secondary N) is 3. The van der Waals surface area contributed by atoms with Gasteiger partial charge in [-0.05, 0) is 43.0 Å². The van der Waals surface area contributed by atoms with Crippen molar-refractivity contribution in [3.63, 3.8) is 0 Å². The van der Waals surface area contributed by atoms with Crippen molar-refractivity contribution in [3.05, 3.63) is 48.0 Å². The van der Waals surface area contributed by atoms with E-state index in [1.807, 2.05) is 24.3 Å². The van der Waals surface area contributed by atoms with Crippen LogP contribution in [0.2, 0.25) is 0 Å². The van der Waals surface area contributed by atoms with Crippen LogP contribution in [0, 0.1) is 6.92 Å². The number of amides is 2. The van der Waals surface area contributed by atoms with Crippen LogP contribution in [0.5, 0.6) is 0 Å². The molecule has 1 saturated heterocycles. The van der Waals surface area contributed by atoms with Gasteiger partial charge in [0.05, 0.1) is 11.6 Å². The Kier molecular flexibility index (Phi) is 4.58. The van der Waals surface area contributed by atoms with Gasteiger partial charge in [-0.15, -0.1) is 0 Å². The standard InChI is InChI=1S/C20H22N4O2/c1-13-4-2-5-14(10-13)15-7-8-17-18(11-15)23-24-19(17)22-20(25)21-12-16-6-3-9-26-16/h2,4-5,7-8,10-11,16H,3,6,9,12H2,1H3,(H3,21,22,23,24,25). The largest absolute Gasteiger partial charge is 0.376 e. The monoisotopic (exact) mass is 350 g/mol. The first-order valence-corrected chi connectivity index (χ1v) is 8.91. The van der Waals surface area contributed by atoms with E-state index in [1.165, 1.54) is 5.56 Å². The average molecular weight is 350 g/mol. The molecule has 134 valence electrons. The number of hydrogen-bond acceptors (Lipinski definition) is 3. The van der Waals surface area contributed by atoms with Gasteiger partial charge in [0.2, 0.25) is 0 Å². The number of aryl methyl sites for hydroxylation is 1. The van der Waals surface area contributed by atoms with Crippen molar-refractivity contribution in [2.24, 2.45) is 0 Å². The SMILES string of the molecule is Cc1cccc(-c2ccc3c(NC(=O)NCC4CCCO4)n[nH]c3c2)c1. The van der Waals surface area contributed by atoms with Crippen LogP contribution in [-0.2, 0) is 4.74 Å². The van der Waals surface area contributed by atoms with Gasteiger partial charge >= 0.3 is 6.03 Å². The van der Waals surface area contributed by atoms with Crippen LogP contribution in [0.1, 0.15) is 18.4 Å². The summed E-state index contributed by atoms with van der Waals surface area (Å²) < 4.78 is 5.51. The number of carbonyl (C=O) groups is 1. The summed E-state index contributed by atoms with van der Waals surface area (Å²) in [5.74, 6) is 0.528. The van der Waals surface area contributed by atoms with E-state index in [1.54, 1.807) is 0 Å². The van der Waals surface area contributed by atoms with Gasteiger partial charge in [-0.25, -0.2) is 4.79 Å². The molecule has 2 aromatic carbocycles. The highest BCUT2D eigenvalue weighted by Crippen LogP contribution is 2.27. The lowest BCUT2D eigenvalue weighted by Crippen LogP contribution is -2.35. The maximum absolute atomic E-state index is 12.1.